The van der Waals surface area contributed by atoms with Gasteiger partial charge in [0.05, 0.1) is 12.5 Å². The van der Waals surface area contributed by atoms with E-state index in [0.29, 0.717) is 36.4 Å². The number of nitrogens with one attached hydrogen (secondary N) is 1. The van der Waals surface area contributed by atoms with Crippen LogP contribution in [-0.2, 0) is 11.3 Å². The number of amides is 2. The Kier molecular flexibility index (Phi) is 5.97. The van der Waals surface area contributed by atoms with E-state index in [9.17, 15) is 14.0 Å². The van der Waals surface area contributed by atoms with Crippen molar-refractivity contribution >= 4 is 11.8 Å². The molecule has 2 aromatic rings. The summed E-state index contributed by atoms with van der Waals surface area (Å²) in [6, 6.07) is 13.1. The van der Waals surface area contributed by atoms with Crippen LogP contribution in [0.15, 0.2) is 48.5 Å². The molecule has 1 N–H and O–H groups in total. The summed E-state index contributed by atoms with van der Waals surface area (Å²) in [5, 5.41) is 2.89. The Hall–Kier alpha value is -2.89. The molecule has 28 heavy (non-hydrogen) atoms. The Balaban J connectivity index is 1.64. The molecular weight excluding hydrogens is 359 g/mol. The second-order valence-electron chi connectivity index (χ2n) is 7.43. The van der Waals surface area contributed by atoms with Gasteiger partial charge in [0.1, 0.15) is 11.6 Å². The van der Waals surface area contributed by atoms with Crippen molar-refractivity contribution in [2.45, 2.75) is 26.3 Å². The minimum atomic E-state index is -0.673. The van der Waals surface area contributed by atoms with Gasteiger partial charge in [-0.3, -0.25) is 9.59 Å². The maximum Gasteiger partial charge on any atom is 0.253 e. The van der Waals surface area contributed by atoms with Crippen LogP contribution in [0.25, 0.3) is 0 Å². The van der Waals surface area contributed by atoms with Crippen LogP contribution in [0.2, 0.25) is 0 Å². The number of hydrogen-bond acceptors (Lipinski definition) is 3. The predicted octanol–water partition coefficient (Wildman–Crippen LogP) is 3.39. The molecule has 0 aliphatic carbocycles. The molecule has 0 radical (unpaired) electrons. The van der Waals surface area contributed by atoms with Gasteiger partial charge >= 0.3 is 0 Å². The van der Waals surface area contributed by atoms with E-state index in [1.807, 2.05) is 6.92 Å². The maximum absolute atomic E-state index is 13.3. The molecule has 1 atom stereocenters. The van der Waals surface area contributed by atoms with Gasteiger partial charge in [0.25, 0.3) is 5.91 Å². The summed E-state index contributed by atoms with van der Waals surface area (Å²) in [6.45, 7) is 3.12. The number of rotatable bonds is 5. The number of nitrogens with zero attached hydrogens (tertiary/aromatic N) is 1. The number of carbonyl (C=O) groups is 2. The lowest BCUT2D eigenvalue weighted by atomic mass is 9.80. The molecule has 2 aromatic carbocycles. The van der Waals surface area contributed by atoms with Crippen molar-refractivity contribution in [3.05, 3.63) is 65.5 Å². The molecule has 3 rings (SSSR count). The van der Waals surface area contributed by atoms with E-state index in [1.165, 1.54) is 12.1 Å². The van der Waals surface area contributed by atoms with E-state index >= 15 is 0 Å². The normalized spacial score (nSPS) is 19.2. The van der Waals surface area contributed by atoms with Gasteiger partial charge < -0.3 is 15.0 Å². The van der Waals surface area contributed by atoms with Crippen LogP contribution in [0.1, 0.15) is 35.7 Å². The molecule has 5 nitrogen and oxygen atoms in total. The zero-order valence-corrected chi connectivity index (χ0v) is 16.2. The van der Waals surface area contributed by atoms with E-state index in [4.69, 9.17) is 4.74 Å². The Morgan fingerprint density at radius 3 is 2.64 bits per heavy atom. The topological polar surface area (TPSA) is 58.6 Å². The van der Waals surface area contributed by atoms with Crippen molar-refractivity contribution in [3.63, 3.8) is 0 Å². The first-order chi connectivity index (χ1) is 13.4. The molecule has 1 aliphatic rings. The number of carbonyl (C=O) groups excluding carboxylic acids is 2. The van der Waals surface area contributed by atoms with Crippen LogP contribution in [0.4, 0.5) is 4.39 Å². The second kappa shape index (κ2) is 8.42. The molecule has 6 heteroatoms. The number of ether oxygens (including phenoxy) is 1. The summed E-state index contributed by atoms with van der Waals surface area (Å²) in [5.74, 6) is 0.152. The zero-order chi connectivity index (χ0) is 20.1. The SMILES string of the molecule is COc1ccc(C(=O)N2CCC[C@](C)(C(=O)NCc3cccc(F)c3)C2)cc1. The lowest BCUT2D eigenvalue weighted by Crippen LogP contribution is -2.51. The molecule has 2 amide bonds. The molecule has 1 saturated heterocycles. The van der Waals surface area contributed by atoms with Crippen LogP contribution in [0.5, 0.6) is 5.75 Å². The average Bonchev–Trinajstić information content (AvgIpc) is 2.71. The average molecular weight is 384 g/mol. The molecule has 0 aromatic heterocycles. The molecule has 148 valence electrons. The third-order valence-electron chi connectivity index (χ3n) is 5.21. The minimum Gasteiger partial charge on any atom is -0.497 e. The first-order valence-electron chi connectivity index (χ1n) is 9.37. The summed E-state index contributed by atoms with van der Waals surface area (Å²) in [4.78, 5) is 27.4. The van der Waals surface area contributed by atoms with Crippen molar-refractivity contribution in [3.8, 4) is 5.75 Å². The van der Waals surface area contributed by atoms with Crippen molar-refractivity contribution in [1.82, 2.24) is 10.2 Å². The first-order valence-corrected chi connectivity index (χ1v) is 9.37. The third kappa shape index (κ3) is 4.50. The summed E-state index contributed by atoms with van der Waals surface area (Å²) in [5.41, 5.74) is 0.609. The summed E-state index contributed by atoms with van der Waals surface area (Å²) < 4.78 is 18.4. The Bertz CT molecular complexity index is 853. The Morgan fingerprint density at radius 1 is 1.21 bits per heavy atom. The summed E-state index contributed by atoms with van der Waals surface area (Å²) in [6.07, 6.45) is 1.46. The van der Waals surface area contributed by atoms with Crippen molar-refractivity contribution in [2.24, 2.45) is 5.41 Å². The fourth-order valence-corrected chi connectivity index (χ4v) is 3.56. The molecular formula is C22H25FN2O3. The number of piperidine rings is 1. The maximum atomic E-state index is 13.3. The molecule has 0 unspecified atom stereocenters. The monoisotopic (exact) mass is 384 g/mol. The molecule has 0 spiro atoms. The first kappa shape index (κ1) is 19.9. The predicted molar refractivity (Wildman–Crippen MR) is 104 cm³/mol. The van der Waals surface area contributed by atoms with E-state index in [0.717, 1.165) is 6.42 Å². The lowest BCUT2D eigenvalue weighted by Gasteiger charge is -2.39. The molecule has 0 bridgehead atoms. The molecule has 1 heterocycles. The smallest absolute Gasteiger partial charge is 0.253 e. The fraction of sp³-hybridized carbons (Fsp3) is 0.364. The minimum absolute atomic E-state index is 0.0912. The van der Waals surface area contributed by atoms with Gasteiger partial charge in [0.2, 0.25) is 5.91 Å². The highest BCUT2D eigenvalue weighted by molar-refractivity contribution is 5.95. The number of likely N-dealkylation sites (tertiary alicyclic amines) is 1. The summed E-state index contributed by atoms with van der Waals surface area (Å²) >= 11 is 0. The van der Waals surface area contributed by atoms with Crippen LogP contribution < -0.4 is 10.1 Å². The highest BCUT2D eigenvalue weighted by atomic mass is 19.1. The molecule has 0 saturated carbocycles. The highest BCUT2D eigenvalue weighted by Crippen LogP contribution is 2.31. The number of hydrogen-bond donors (Lipinski definition) is 1. The number of methoxy groups -OCH3 is 1. The zero-order valence-electron chi connectivity index (χ0n) is 16.2. The largest absolute Gasteiger partial charge is 0.497 e. The van der Waals surface area contributed by atoms with Crippen LogP contribution in [-0.4, -0.2) is 36.9 Å². The van der Waals surface area contributed by atoms with E-state index in [-0.39, 0.29) is 24.2 Å². The number of halogens is 1. The lowest BCUT2D eigenvalue weighted by molar-refractivity contribution is -0.132. The second-order valence-corrected chi connectivity index (χ2v) is 7.43. The number of benzene rings is 2. The van der Waals surface area contributed by atoms with Crippen LogP contribution in [0.3, 0.4) is 0 Å². The quantitative estimate of drug-likeness (QED) is 0.860. The van der Waals surface area contributed by atoms with Crippen molar-refractivity contribution in [2.75, 3.05) is 20.2 Å². The van der Waals surface area contributed by atoms with Crippen LogP contribution in [0, 0.1) is 11.2 Å². The van der Waals surface area contributed by atoms with E-state index in [2.05, 4.69) is 5.32 Å². The van der Waals surface area contributed by atoms with Gasteiger partial charge in [-0.1, -0.05) is 12.1 Å². The van der Waals surface area contributed by atoms with Gasteiger partial charge in [-0.2, -0.15) is 0 Å². The van der Waals surface area contributed by atoms with Gasteiger partial charge in [-0.05, 0) is 61.7 Å². The van der Waals surface area contributed by atoms with Crippen molar-refractivity contribution in [1.29, 1.82) is 0 Å². The molecule has 1 aliphatic heterocycles. The molecule has 1 fully saturated rings. The van der Waals surface area contributed by atoms with Crippen LogP contribution >= 0.6 is 0 Å². The van der Waals surface area contributed by atoms with E-state index < -0.39 is 5.41 Å². The van der Waals surface area contributed by atoms with E-state index in [1.54, 1.807) is 48.4 Å². The van der Waals surface area contributed by atoms with Gasteiger partial charge in [0, 0.05) is 25.2 Å². The standard InChI is InChI=1S/C22H25FN2O3/c1-22(21(27)24-14-16-5-3-6-18(23)13-16)11-4-12-25(15-22)20(26)17-7-9-19(28-2)10-8-17/h3,5-10,13H,4,11-12,14-15H2,1-2H3,(H,24,27)/t22-/m0/s1. The van der Waals surface area contributed by atoms with Gasteiger partial charge in [-0.15, -0.1) is 0 Å². The Morgan fingerprint density at radius 2 is 1.96 bits per heavy atom. The van der Waals surface area contributed by atoms with Gasteiger partial charge in [-0.25, -0.2) is 4.39 Å². The van der Waals surface area contributed by atoms with Gasteiger partial charge in [0.15, 0.2) is 0 Å². The Labute approximate surface area is 164 Å². The van der Waals surface area contributed by atoms with Crippen molar-refractivity contribution < 1.29 is 18.7 Å². The summed E-state index contributed by atoms with van der Waals surface area (Å²) in [7, 11) is 1.58. The third-order valence-corrected chi connectivity index (χ3v) is 5.21. The fourth-order valence-electron chi connectivity index (χ4n) is 3.56. The highest BCUT2D eigenvalue weighted by Gasteiger charge is 2.39.